The molecule has 1 heterocycles. The summed E-state index contributed by atoms with van der Waals surface area (Å²) >= 11 is 5.74. The molecule has 84 valence electrons. The molecule has 0 saturated heterocycles. The maximum atomic E-state index is 8.88. The number of aliphatic hydroxyl groups is 1. The third-order valence-corrected chi connectivity index (χ3v) is 2.28. The lowest BCUT2D eigenvalue weighted by molar-refractivity contribution is 0.260. The van der Waals surface area contributed by atoms with Gasteiger partial charge in [-0.2, -0.15) is 0 Å². The van der Waals surface area contributed by atoms with Crippen molar-refractivity contribution >= 4 is 23.1 Å². The number of aliphatic hydroxyl groups excluding tert-OH is 1. The standard InChI is InChI=1S/C10H16ClN3O/c1-10(2,3-4-15)14-9-8(12)5-7(11)6-13-9/h5-6,15H,3-4,12H2,1-2H3,(H,13,14). The Hall–Kier alpha value is -1.00. The minimum Gasteiger partial charge on any atom is -0.396 e. The highest BCUT2D eigenvalue weighted by Crippen LogP contribution is 2.23. The van der Waals surface area contributed by atoms with Crippen molar-refractivity contribution in [1.82, 2.24) is 4.98 Å². The Labute approximate surface area is 94.5 Å². The molecule has 15 heavy (non-hydrogen) atoms. The van der Waals surface area contributed by atoms with E-state index in [2.05, 4.69) is 10.3 Å². The van der Waals surface area contributed by atoms with Gasteiger partial charge in [0, 0.05) is 18.3 Å². The van der Waals surface area contributed by atoms with E-state index in [9.17, 15) is 0 Å². The number of nitrogen functional groups attached to an aromatic ring is 1. The van der Waals surface area contributed by atoms with E-state index in [1.165, 1.54) is 6.20 Å². The van der Waals surface area contributed by atoms with Crippen molar-refractivity contribution in [1.29, 1.82) is 0 Å². The summed E-state index contributed by atoms with van der Waals surface area (Å²) in [6.07, 6.45) is 2.16. The van der Waals surface area contributed by atoms with E-state index < -0.39 is 0 Å². The Morgan fingerprint density at radius 2 is 2.27 bits per heavy atom. The third-order valence-electron chi connectivity index (χ3n) is 2.08. The number of aromatic nitrogens is 1. The maximum absolute atomic E-state index is 8.88. The first kappa shape index (κ1) is 12.1. The quantitative estimate of drug-likeness (QED) is 0.738. The summed E-state index contributed by atoms with van der Waals surface area (Å²) in [5, 5.41) is 12.6. The van der Waals surface area contributed by atoms with Gasteiger partial charge in [0.15, 0.2) is 0 Å². The summed E-state index contributed by atoms with van der Waals surface area (Å²) < 4.78 is 0. The molecule has 0 radical (unpaired) electrons. The largest absolute Gasteiger partial charge is 0.396 e. The first-order valence-electron chi connectivity index (χ1n) is 4.75. The predicted molar refractivity (Wildman–Crippen MR) is 63.1 cm³/mol. The number of hydrogen-bond acceptors (Lipinski definition) is 4. The molecule has 5 heteroatoms. The lowest BCUT2D eigenvalue weighted by atomic mass is 10.0. The molecular formula is C10H16ClN3O. The van der Waals surface area contributed by atoms with Crippen LogP contribution in [-0.4, -0.2) is 22.2 Å². The minimum absolute atomic E-state index is 0.119. The second kappa shape index (κ2) is 4.68. The summed E-state index contributed by atoms with van der Waals surface area (Å²) in [6, 6.07) is 1.64. The van der Waals surface area contributed by atoms with Crippen LogP contribution in [0.2, 0.25) is 5.02 Å². The van der Waals surface area contributed by atoms with Gasteiger partial charge < -0.3 is 16.2 Å². The number of halogens is 1. The van der Waals surface area contributed by atoms with Crippen LogP contribution in [0.5, 0.6) is 0 Å². The molecule has 0 atom stereocenters. The van der Waals surface area contributed by atoms with Crippen LogP contribution >= 0.6 is 11.6 Å². The van der Waals surface area contributed by atoms with E-state index in [-0.39, 0.29) is 12.1 Å². The van der Waals surface area contributed by atoms with Crippen molar-refractivity contribution in [3.63, 3.8) is 0 Å². The Bertz CT molecular complexity index is 341. The number of rotatable bonds is 4. The molecule has 0 amide bonds. The van der Waals surface area contributed by atoms with E-state index >= 15 is 0 Å². The zero-order valence-electron chi connectivity index (χ0n) is 8.92. The molecule has 1 aromatic rings. The predicted octanol–water partition coefficient (Wildman–Crippen LogP) is 1.89. The van der Waals surface area contributed by atoms with Gasteiger partial charge in [0.25, 0.3) is 0 Å². The van der Waals surface area contributed by atoms with Gasteiger partial charge in [-0.15, -0.1) is 0 Å². The molecule has 4 N–H and O–H groups in total. The second-order valence-electron chi connectivity index (χ2n) is 4.07. The number of anilines is 2. The van der Waals surface area contributed by atoms with Gasteiger partial charge in [0.1, 0.15) is 5.82 Å². The Morgan fingerprint density at radius 3 is 2.80 bits per heavy atom. The van der Waals surface area contributed by atoms with E-state index in [0.717, 1.165) is 0 Å². The van der Waals surface area contributed by atoms with E-state index in [1.807, 2.05) is 13.8 Å². The van der Waals surface area contributed by atoms with E-state index in [4.69, 9.17) is 22.4 Å². The highest BCUT2D eigenvalue weighted by atomic mass is 35.5. The topological polar surface area (TPSA) is 71.2 Å². The third kappa shape index (κ3) is 3.57. The molecular weight excluding hydrogens is 214 g/mol. The minimum atomic E-state index is -0.246. The monoisotopic (exact) mass is 229 g/mol. The van der Waals surface area contributed by atoms with Gasteiger partial charge in [-0.25, -0.2) is 4.98 Å². The van der Waals surface area contributed by atoms with Crippen LogP contribution in [0.3, 0.4) is 0 Å². The summed E-state index contributed by atoms with van der Waals surface area (Å²) in [7, 11) is 0. The van der Waals surface area contributed by atoms with Crippen LogP contribution in [0.25, 0.3) is 0 Å². The lowest BCUT2D eigenvalue weighted by Crippen LogP contribution is -2.32. The Kier molecular flexibility index (Phi) is 3.77. The number of nitrogens with one attached hydrogen (secondary N) is 1. The van der Waals surface area contributed by atoms with Crippen LogP contribution in [0, 0.1) is 0 Å². The number of nitrogens with zero attached hydrogens (tertiary/aromatic N) is 1. The molecule has 0 saturated carbocycles. The summed E-state index contributed by atoms with van der Waals surface area (Å²) in [4.78, 5) is 4.10. The fourth-order valence-electron chi connectivity index (χ4n) is 1.22. The van der Waals surface area contributed by atoms with E-state index in [0.29, 0.717) is 22.9 Å². The first-order chi connectivity index (χ1) is 6.94. The Balaban J connectivity index is 2.80. The molecule has 0 aliphatic carbocycles. The average Bonchev–Trinajstić information content (AvgIpc) is 2.09. The van der Waals surface area contributed by atoms with Gasteiger partial charge in [0.05, 0.1) is 10.7 Å². The van der Waals surface area contributed by atoms with Gasteiger partial charge in [0.2, 0.25) is 0 Å². The van der Waals surface area contributed by atoms with Crippen molar-refractivity contribution in [3.8, 4) is 0 Å². The van der Waals surface area contributed by atoms with E-state index in [1.54, 1.807) is 6.07 Å². The fraction of sp³-hybridized carbons (Fsp3) is 0.500. The molecule has 4 nitrogen and oxygen atoms in total. The summed E-state index contributed by atoms with van der Waals surface area (Å²) in [5.74, 6) is 0.595. The SMILES string of the molecule is CC(C)(CCO)Nc1ncc(Cl)cc1N. The smallest absolute Gasteiger partial charge is 0.149 e. The lowest BCUT2D eigenvalue weighted by Gasteiger charge is -2.26. The second-order valence-corrected chi connectivity index (χ2v) is 4.51. The van der Waals surface area contributed by atoms with Crippen LogP contribution in [0.1, 0.15) is 20.3 Å². The van der Waals surface area contributed by atoms with Gasteiger partial charge >= 0.3 is 0 Å². The van der Waals surface area contributed by atoms with Crippen LogP contribution in [0.4, 0.5) is 11.5 Å². The van der Waals surface area contributed by atoms with Crippen LogP contribution < -0.4 is 11.1 Å². The van der Waals surface area contributed by atoms with Crippen molar-refractivity contribution < 1.29 is 5.11 Å². The molecule has 0 spiro atoms. The van der Waals surface area contributed by atoms with Crippen LogP contribution in [0.15, 0.2) is 12.3 Å². The maximum Gasteiger partial charge on any atom is 0.149 e. The summed E-state index contributed by atoms with van der Waals surface area (Å²) in [6.45, 7) is 4.06. The molecule has 0 fully saturated rings. The van der Waals surface area contributed by atoms with Crippen molar-refractivity contribution in [2.24, 2.45) is 0 Å². The fourth-order valence-corrected chi connectivity index (χ4v) is 1.39. The number of nitrogens with two attached hydrogens (primary N) is 1. The molecule has 1 rings (SSSR count). The number of pyridine rings is 1. The van der Waals surface area contributed by atoms with Crippen molar-refractivity contribution in [3.05, 3.63) is 17.3 Å². The zero-order valence-corrected chi connectivity index (χ0v) is 9.67. The molecule has 0 aromatic carbocycles. The number of hydrogen-bond donors (Lipinski definition) is 3. The van der Waals surface area contributed by atoms with Gasteiger partial charge in [-0.05, 0) is 26.3 Å². The molecule has 0 bridgehead atoms. The summed E-state index contributed by atoms with van der Waals surface area (Å²) in [5.41, 5.74) is 6.01. The van der Waals surface area contributed by atoms with Crippen molar-refractivity contribution in [2.45, 2.75) is 25.8 Å². The van der Waals surface area contributed by atoms with Gasteiger partial charge in [-0.1, -0.05) is 11.6 Å². The normalized spacial score (nSPS) is 11.5. The average molecular weight is 230 g/mol. The molecule has 1 aromatic heterocycles. The Morgan fingerprint density at radius 1 is 1.60 bits per heavy atom. The van der Waals surface area contributed by atoms with Crippen molar-refractivity contribution in [2.75, 3.05) is 17.7 Å². The first-order valence-corrected chi connectivity index (χ1v) is 5.12. The molecule has 0 aliphatic heterocycles. The highest BCUT2D eigenvalue weighted by molar-refractivity contribution is 6.30. The van der Waals surface area contributed by atoms with Crippen LogP contribution in [-0.2, 0) is 0 Å². The van der Waals surface area contributed by atoms with Gasteiger partial charge in [-0.3, -0.25) is 0 Å². The molecule has 0 aliphatic rings. The highest BCUT2D eigenvalue weighted by Gasteiger charge is 2.18. The zero-order chi connectivity index (χ0) is 11.5. The molecule has 0 unspecified atom stereocenters.